The van der Waals surface area contributed by atoms with Gasteiger partial charge in [-0.25, -0.2) is 0 Å². The van der Waals surface area contributed by atoms with Gasteiger partial charge < -0.3 is 5.32 Å². The number of para-hydroxylation sites is 2. The Hall–Kier alpha value is -1.90. The first-order valence-electron chi connectivity index (χ1n) is 6.19. The first kappa shape index (κ1) is 14.1. The van der Waals surface area contributed by atoms with Gasteiger partial charge >= 0.3 is 0 Å². The fraction of sp³-hybridized carbons (Fsp3) is 0. The number of nitrogens with zero attached hydrogens (tertiary/aromatic N) is 2. The van der Waals surface area contributed by atoms with Crippen molar-refractivity contribution in [1.82, 2.24) is 4.98 Å². The topological polar surface area (TPSA) is 48.7 Å². The van der Waals surface area contributed by atoms with Gasteiger partial charge in [0.05, 0.1) is 22.5 Å². The fourth-order valence-electron chi connectivity index (χ4n) is 2.10. The summed E-state index contributed by atoms with van der Waals surface area (Å²) in [6.07, 6.45) is 1.59. The molecule has 0 spiro atoms. The number of pyridine rings is 1. The molecule has 5 heteroatoms. The molecule has 0 amide bonds. The number of aromatic nitrogens is 1. The Labute approximate surface area is 138 Å². The van der Waals surface area contributed by atoms with Crippen LogP contribution in [0.3, 0.4) is 0 Å². The third kappa shape index (κ3) is 2.65. The number of benzene rings is 2. The summed E-state index contributed by atoms with van der Waals surface area (Å²) in [6.45, 7) is 0. The van der Waals surface area contributed by atoms with Crippen molar-refractivity contribution in [1.29, 1.82) is 5.26 Å². The zero-order valence-corrected chi connectivity index (χ0v) is 13.9. The molecule has 102 valence electrons. The summed E-state index contributed by atoms with van der Waals surface area (Å²) in [7, 11) is 0. The quantitative estimate of drug-likeness (QED) is 0.626. The number of nitrogens with one attached hydrogen (secondary N) is 1. The molecule has 0 saturated heterocycles. The van der Waals surface area contributed by atoms with E-state index in [2.05, 4.69) is 48.2 Å². The standard InChI is InChI=1S/C16H9Br2N3/c17-12-5-3-6-13(18)16(12)21-15-10(8-19)9-20-14-7-2-1-4-11(14)15/h1-7,9H,(H,20,21). The van der Waals surface area contributed by atoms with Crippen LogP contribution in [-0.2, 0) is 0 Å². The molecule has 21 heavy (non-hydrogen) atoms. The summed E-state index contributed by atoms with van der Waals surface area (Å²) >= 11 is 7.05. The molecule has 0 aliphatic rings. The van der Waals surface area contributed by atoms with Crippen molar-refractivity contribution in [2.45, 2.75) is 0 Å². The maximum absolute atomic E-state index is 9.34. The second kappa shape index (κ2) is 5.84. The second-order valence-corrected chi connectivity index (χ2v) is 6.11. The Balaban J connectivity index is 2.22. The highest BCUT2D eigenvalue weighted by molar-refractivity contribution is 9.11. The summed E-state index contributed by atoms with van der Waals surface area (Å²) in [5.41, 5.74) is 3.00. The third-order valence-corrected chi connectivity index (χ3v) is 4.43. The average molecular weight is 403 g/mol. The van der Waals surface area contributed by atoms with Crippen LogP contribution in [0.1, 0.15) is 5.56 Å². The number of nitriles is 1. The van der Waals surface area contributed by atoms with Crippen LogP contribution < -0.4 is 5.32 Å². The van der Waals surface area contributed by atoms with Gasteiger partial charge in [0.1, 0.15) is 6.07 Å². The summed E-state index contributed by atoms with van der Waals surface area (Å²) in [4.78, 5) is 4.31. The maximum atomic E-state index is 9.34. The summed E-state index contributed by atoms with van der Waals surface area (Å²) in [6, 6.07) is 15.8. The lowest BCUT2D eigenvalue weighted by Gasteiger charge is -2.14. The minimum atomic E-state index is 0.511. The smallest absolute Gasteiger partial charge is 0.103 e. The van der Waals surface area contributed by atoms with Crippen molar-refractivity contribution in [3.63, 3.8) is 0 Å². The molecular formula is C16H9Br2N3. The first-order chi connectivity index (χ1) is 10.2. The molecular weight excluding hydrogens is 394 g/mol. The van der Waals surface area contributed by atoms with E-state index < -0.39 is 0 Å². The van der Waals surface area contributed by atoms with Gasteiger partial charge in [0.15, 0.2) is 0 Å². The zero-order valence-electron chi connectivity index (χ0n) is 10.8. The van der Waals surface area contributed by atoms with Crippen molar-refractivity contribution in [2.24, 2.45) is 0 Å². The van der Waals surface area contributed by atoms with E-state index in [0.29, 0.717) is 5.56 Å². The highest BCUT2D eigenvalue weighted by Crippen LogP contribution is 2.36. The van der Waals surface area contributed by atoms with Crippen LogP contribution in [0.4, 0.5) is 11.4 Å². The van der Waals surface area contributed by atoms with Crippen LogP contribution in [0.5, 0.6) is 0 Å². The van der Waals surface area contributed by atoms with E-state index in [0.717, 1.165) is 31.2 Å². The largest absolute Gasteiger partial charge is 0.352 e. The van der Waals surface area contributed by atoms with Crippen molar-refractivity contribution >= 4 is 54.1 Å². The molecule has 1 aromatic heterocycles. The fourth-order valence-corrected chi connectivity index (χ4v) is 3.30. The Kier molecular flexibility index (Phi) is 3.91. The van der Waals surface area contributed by atoms with Crippen molar-refractivity contribution in [3.8, 4) is 6.07 Å². The van der Waals surface area contributed by atoms with E-state index in [1.807, 2.05) is 42.5 Å². The molecule has 0 bridgehead atoms. The number of anilines is 2. The predicted molar refractivity (Wildman–Crippen MR) is 91.6 cm³/mol. The SMILES string of the molecule is N#Cc1cnc2ccccc2c1Nc1c(Br)cccc1Br. The number of hydrogen-bond acceptors (Lipinski definition) is 3. The van der Waals surface area contributed by atoms with Crippen LogP contribution in [0.15, 0.2) is 57.6 Å². The molecule has 0 aliphatic heterocycles. The van der Waals surface area contributed by atoms with Crippen LogP contribution in [-0.4, -0.2) is 4.98 Å². The molecule has 3 aromatic rings. The van der Waals surface area contributed by atoms with E-state index in [-0.39, 0.29) is 0 Å². The van der Waals surface area contributed by atoms with Gasteiger partial charge in [-0.05, 0) is 50.1 Å². The van der Waals surface area contributed by atoms with Crippen LogP contribution >= 0.6 is 31.9 Å². The van der Waals surface area contributed by atoms with E-state index in [4.69, 9.17) is 0 Å². The molecule has 0 aliphatic carbocycles. The Morgan fingerprint density at radius 2 is 1.67 bits per heavy atom. The van der Waals surface area contributed by atoms with E-state index in [9.17, 15) is 5.26 Å². The first-order valence-corrected chi connectivity index (χ1v) is 7.78. The number of fused-ring (bicyclic) bond motifs is 1. The highest BCUT2D eigenvalue weighted by atomic mass is 79.9. The van der Waals surface area contributed by atoms with Gasteiger partial charge in [0.25, 0.3) is 0 Å². The lowest BCUT2D eigenvalue weighted by atomic mass is 10.1. The summed E-state index contributed by atoms with van der Waals surface area (Å²) in [5, 5.41) is 13.6. The van der Waals surface area contributed by atoms with Crippen molar-refractivity contribution in [2.75, 3.05) is 5.32 Å². The van der Waals surface area contributed by atoms with Gasteiger partial charge in [-0.3, -0.25) is 4.98 Å². The van der Waals surface area contributed by atoms with Gasteiger partial charge in [-0.15, -0.1) is 0 Å². The molecule has 0 fully saturated rings. The van der Waals surface area contributed by atoms with Gasteiger partial charge in [-0.2, -0.15) is 5.26 Å². The lowest BCUT2D eigenvalue weighted by molar-refractivity contribution is 1.36. The Bertz CT molecular complexity index is 849. The molecule has 1 N–H and O–H groups in total. The monoisotopic (exact) mass is 401 g/mol. The number of halogens is 2. The number of rotatable bonds is 2. The molecule has 0 saturated carbocycles. The minimum Gasteiger partial charge on any atom is -0.352 e. The summed E-state index contributed by atoms with van der Waals surface area (Å²) in [5.74, 6) is 0. The van der Waals surface area contributed by atoms with Gasteiger partial charge in [-0.1, -0.05) is 24.3 Å². The lowest BCUT2D eigenvalue weighted by Crippen LogP contribution is -1.98. The molecule has 1 heterocycles. The zero-order chi connectivity index (χ0) is 14.8. The normalized spacial score (nSPS) is 10.3. The van der Waals surface area contributed by atoms with Crippen LogP contribution in [0.25, 0.3) is 10.9 Å². The molecule has 0 atom stereocenters. The third-order valence-electron chi connectivity index (χ3n) is 3.11. The minimum absolute atomic E-state index is 0.511. The van der Waals surface area contributed by atoms with Gasteiger partial charge in [0.2, 0.25) is 0 Å². The van der Waals surface area contributed by atoms with Crippen molar-refractivity contribution < 1.29 is 0 Å². The molecule has 0 radical (unpaired) electrons. The molecule has 0 unspecified atom stereocenters. The van der Waals surface area contributed by atoms with E-state index in [1.165, 1.54) is 0 Å². The molecule has 3 nitrogen and oxygen atoms in total. The maximum Gasteiger partial charge on any atom is 0.103 e. The number of hydrogen-bond donors (Lipinski definition) is 1. The van der Waals surface area contributed by atoms with Crippen molar-refractivity contribution in [3.05, 3.63) is 63.2 Å². The Morgan fingerprint density at radius 3 is 2.38 bits per heavy atom. The molecule has 3 rings (SSSR count). The Morgan fingerprint density at radius 1 is 0.952 bits per heavy atom. The average Bonchev–Trinajstić information content (AvgIpc) is 2.51. The molecule has 2 aromatic carbocycles. The van der Waals surface area contributed by atoms with E-state index in [1.54, 1.807) is 6.20 Å². The van der Waals surface area contributed by atoms with Crippen LogP contribution in [0.2, 0.25) is 0 Å². The van der Waals surface area contributed by atoms with E-state index >= 15 is 0 Å². The van der Waals surface area contributed by atoms with Gasteiger partial charge in [0, 0.05) is 20.5 Å². The summed E-state index contributed by atoms with van der Waals surface area (Å²) < 4.78 is 1.84. The highest BCUT2D eigenvalue weighted by Gasteiger charge is 2.12. The van der Waals surface area contributed by atoms with Crippen LogP contribution in [0, 0.1) is 11.3 Å². The second-order valence-electron chi connectivity index (χ2n) is 4.40. The predicted octanol–water partition coefficient (Wildman–Crippen LogP) is 5.38.